The molecule has 7 heteroatoms. The normalized spacial score (nSPS) is 9.42. The minimum Gasteiger partial charge on any atom is -0.345 e. The van der Waals surface area contributed by atoms with Gasteiger partial charge in [-0.1, -0.05) is 41.6 Å². The topological polar surface area (TPSA) is 122 Å². The number of nitrogens with one attached hydrogen (secondary N) is 1. The number of allylic oxidation sites excluding steroid dienone is 2. The van der Waals surface area contributed by atoms with E-state index in [9.17, 15) is 0 Å². The monoisotopic (exact) mass is 338 g/mol. The summed E-state index contributed by atoms with van der Waals surface area (Å²) in [7, 11) is 0. The second-order valence-corrected chi connectivity index (χ2v) is 5.08. The van der Waals surface area contributed by atoms with Gasteiger partial charge in [-0.25, -0.2) is 0 Å². The first-order valence-electron chi connectivity index (χ1n) is 7.46. The fourth-order valence-corrected chi connectivity index (χ4v) is 2.20. The van der Waals surface area contributed by atoms with Crippen LogP contribution in [0.15, 0.2) is 70.4 Å². The van der Waals surface area contributed by atoms with E-state index in [2.05, 4.69) is 15.5 Å². The van der Waals surface area contributed by atoms with Crippen molar-refractivity contribution in [1.82, 2.24) is 10.1 Å². The summed E-state index contributed by atoms with van der Waals surface area (Å²) in [6.07, 6.45) is 0. The van der Waals surface area contributed by atoms with Crippen molar-refractivity contribution in [3.05, 3.63) is 65.9 Å². The van der Waals surface area contributed by atoms with Gasteiger partial charge < -0.3 is 9.84 Å². The van der Waals surface area contributed by atoms with Gasteiger partial charge in [0.15, 0.2) is 5.57 Å². The molecule has 2 aromatic carbocycles. The third-order valence-electron chi connectivity index (χ3n) is 3.42. The Morgan fingerprint density at radius 1 is 0.885 bits per heavy atom. The first-order chi connectivity index (χ1) is 12.7. The predicted molar refractivity (Wildman–Crippen MR) is 92.7 cm³/mol. The molecule has 26 heavy (non-hydrogen) atoms. The maximum atomic E-state index is 9.12. The Morgan fingerprint density at radius 2 is 1.62 bits per heavy atom. The molecule has 3 rings (SSSR count). The van der Waals surface area contributed by atoms with E-state index in [0.717, 1.165) is 5.56 Å². The SMILES string of the molecule is N#CC(C#N)=C(C#N)Nc1cccc(-c2nc(-c3ccccc3)no2)c1. The minimum atomic E-state index is -0.290. The lowest BCUT2D eigenvalue weighted by molar-refractivity contribution is 0.432. The molecule has 3 aromatic rings. The van der Waals surface area contributed by atoms with Crippen LogP contribution in [-0.4, -0.2) is 10.1 Å². The molecule has 7 nitrogen and oxygen atoms in total. The van der Waals surface area contributed by atoms with E-state index in [4.69, 9.17) is 20.3 Å². The fourth-order valence-electron chi connectivity index (χ4n) is 2.20. The van der Waals surface area contributed by atoms with Crippen LogP contribution in [-0.2, 0) is 0 Å². The summed E-state index contributed by atoms with van der Waals surface area (Å²) in [6, 6.07) is 21.5. The van der Waals surface area contributed by atoms with Gasteiger partial charge in [0.2, 0.25) is 5.82 Å². The smallest absolute Gasteiger partial charge is 0.258 e. The van der Waals surface area contributed by atoms with Gasteiger partial charge in [-0.05, 0) is 18.2 Å². The lowest BCUT2D eigenvalue weighted by atomic mass is 10.1. The Balaban J connectivity index is 1.91. The standard InChI is InChI=1S/C19H10N6O/c20-10-15(11-21)17(12-22)23-16-8-4-7-14(9-16)19-24-18(25-26-19)13-5-2-1-3-6-13/h1-9,23H. The van der Waals surface area contributed by atoms with E-state index in [0.29, 0.717) is 23.0 Å². The maximum Gasteiger partial charge on any atom is 0.258 e. The molecule has 0 atom stereocenters. The van der Waals surface area contributed by atoms with Crippen molar-refractivity contribution >= 4 is 5.69 Å². The molecule has 122 valence electrons. The average molecular weight is 338 g/mol. The molecule has 0 aliphatic heterocycles. The van der Waals surface area contributed by atoms with Crippen LogP contribution >= 0.6 is 0 Å². The second kappa shape index (κ2) is 7.44. The van der Waals surface area contributed by atoms with E-state index < -0.39 is 0 Å². The van der Waals surface area contributed by atoms with Crippen molar-refractivity contribution in [3.63, 3.8) is 0 Å². The molecule has 0 saturated heterocycles. The fraction of sp³-hybridized carbons (Fsp3) is 0. The van der Waals surface area contributed by atoms with Crippen LogP contribution in [0.2, 0.25) is 0 Å². The number of nitrogens with zero attached hydrogens (tertiary/aromatic N) is 5. The van der Waals surface area contributed by atoms with Crippen LogP contribution in [0.5, 0.6) is 0 Å². The van der Waals surface area contributed by atoms with Gasteiger partial charge in [0.1, 0.15) is 23.9 Å². The number of benzene rings is 2. The summed E-state index contributed by atoms with van der Waals surface area (Å²) in [5.41, 5.74) is 1.57. The Kier molecular flexibility index (Phi) is 4.71. The van der Waals surface area contributed by atoms with Gasteiger partial charge >= 0.3 is 0 Å². The van der Waals surface area contributed by atoms with E-state index in [1.165, 1.54) is 0 Å². The number of anilines is 1. The Morgan fingerprint density at radius 3 is 2.31 bits per heavy atom. The lowest BCUT2D eigenvalue weighted by Gasteiger charge is -2.05. The molecule has 0 amide bonds. The zero-order valence-electron chi connectivity index (χ0n) is 13.3. The molecule has 0 spiro atoms. The third kappa shape index (κ3) is 3.41. The van der Waals surface area contributed by atoms with Gasteiger partial charge in [-0.15, -0.1) is 0 Å². The highest BCUT2D eigenvalue weighted by atomic mass is 16.5. The number of nitriles is 3. The first kappa shape index (κ1) is 16.4. The largest absolute Gasteiger partial charge is 0.345 e. The van der Waals surface area contributed by atoms with Crippen LogP contribution in [0.1, 0.15) is 0 Å². The van der Waals surface area contributed by atoms with E-state index in [1.807, 2.05) is 36.4 Å². The Bertz CT molecular complexity index is 1080. The molecular weight excluding hydrogens is 328 g/mol. The van der Waals surface area contributed by atoms with Crippen LogP contribution in [0, 0.1) is 34.0 Å². The second-order valence-electron chi connectivity index (χ2n) is 5.08. The Hall–Kier alpha value is -4.41. The summed E-state index contributed by atoms with van der Waals surface area (Å²) in [5.74, 6) is 0.781. The van der Waals surface area contributed by atoms with E-state index in [-0.39, 0.29) is 11.3 Å². The van der Waals surface area contributed by atoms with E-state index >= 15 is 0 Å². The summed E-state index contributed by atoms with van der Waals surface area (Å²) in [6.45, 7) is 0. The molecule has 0 aliphatic rings. The molecule has 0 saturated carbocycles. The first-order valence-corrected chi connectivity index (χ1v) is 7.46. The molecule has 0 fully saturated rings. The summed E-state index contributed by atoms with van der Waals surface area (Å²) >= 11 is 0. The minimum absolute atomic E-state index is 0.123. The van der Waals surface area contributed by atoms with Crippen molar-refractivity contribution in [1.29, 1.82) is 15.8 Å². The van der Waals surface area contributed by atoms with Gasteiger partial charge in [0, 0.05) is 16.8 Å². The molecule has 1 N–H and O–H groups in total. The van der Waals surface area contributed by atoms with Crippen molar-refractivity contribution in [2.75, 3.05) is 5.32 Å². The molecule has 0 bridgehead atoms. The van der Waals surface area contributed by atoms with Crippen LogP contribution in [0.25, 0.3) is 22.8 Å². The molecule has 1 heterocycles. The van der Waals surface area contributed by atoms with Crippen molar-refractivity contribution < 1.29 is 4.52 Å². The number of hydrogen-bond donors (Lipinski definition) is 1. The molecule has 1 aromatic heterocycles. The number of aromatic nitrogens is 2. The third-order valence-corrected chi connectivity index (χ3v) is 3.42. The van der Waals surface area contributed by atoms with Crippen LogP contribution in [0.3, 0.4) is 0 Å². The van der Waals surface area contributed by atoms with Crippen molar-refractivity contribution in [2.24, 2.45) is 0 Å². The molecule has 0 unspecified atom stereocenters. The molecule has 0 radical (unpaired) electrons. The van der Waals surface area contributed by atoms with Gasteiger partial charge in [-0.2, -0.15) is 20.8 Å². The predicted octanol–water partition coefficient (Wildman–Crippen LogP) is 3.64. The zero-order chi connectivity index (χ0) is 18.4. The molecular formula is C19H10N6O. The van der Waals surface area contributed by atoms with Crippen LogP contribution < -0.4 is 5.32 Å². The maximum absolute atomic E-state index is 9.12. The van der Waals surface area contributed by atoms with Crippen molar-refractivity contribution in [2.45, 2.75) is 0 Å². The zero-order valence-corrected chi connectivity index (χ0v) is 13.3. The van der Waals surface area contributed by atoms with Gasteiger partial charge in [-0.3, -0.25) is 0 Å². The lowest BCUT2D eigenvalue weighted by Crippen LogP contribution is -2.00. The highest BCUT2D eigenvalue weighted by molar-refractivity contribution is 5.66. The summed E-state index contributed by atoms with van der Waals surface area (Å²) < 4.78 is 5.31. The van der Waals surface area contributed by atoms with E-state index in [1.54, 1.807) is 36.4 Å². The summed E-state index contributed by atoms with van der Waals surface area (Å²) in [4.78, 5) is 4.37. The van der Waals surface area contributed by atoms with Crippen LogP contribution in [0.4, 0.5) is 5.69 Å². The number of rotatable bonds is 4. The van der Waals surface area contributed by atoms with Crippen molar-refractivity contribution in [3.8, 4) is 41.0 Å². The van der Waals surface area contributed by atoms with Gasteiger partial charge in [0.05, 0.1) is 0 Å². The quantitative estimate of drug-likeness (QED) is 0.720. The average Bonchev–Trinajstić information content (AvgIpc) is 3.19. The number of hydrogen-bond acceptors (Lipinski definition) is 7. The Labute approximate surface area is 149 Å². The summed E-state index contributed by atoms with van der Waals surface area (Å²) in [5, 5.41) is 33.6. The highest BCUT2D eigenvalue weighted by Crippen LogP contribution is 2.25. The highest BCUT2D eigenvalue weighted by Gasteiger charge is 2.12. The van der Waals surface area contributed by atoms with Gasteiger partial charge in [0.25, 0.3) is 5.89 Å². The molecule has 0 aliphatic carbocycles.